The van der Waals surface area contributed by atoms with Crippen molar-refractivity contribution in [2.75, 3.05) is 13.2 Å². The Labute approximate surface area is 195 Å². The van der Waals surface area contributed by atoms with E-state index in [1.807, 2.05) is 0 Å². The molecule has 1 unspecified atom stereocenters. The van der Waals surface area contributed by atoms with Crippen LogP contribution in [0.1, 0.15) is 43.4 Å². The number of nitrogens with one attached hydrogen (secondary N) is 1. The highest BCUT2D eigenvalue weighted by Crippen LogP contribution is 2.39. The molecule has 2 aromatic rings. The van der Waals surface area contributed by atoms with E-state index in [1.165, 1.54) is 30.0 Å². The topological polar surface area (TPSA) is 80.8 Å². The number of hydrogen-bond acceptors (Lipinski definition) is 5. The van der Waals surface area contributed by atoms with Crippen LogP contribution < -0.4 is 14.8 Å². The molecule has 2 atom stereocenters. The van der Waals surface area contributed by atoms with Gasteiger partial charge in [0.15, 0.2) is 11.5 Å². The summed E-state index contributed by atoms with van der Waals surface area (Å²) >= 11 is 0. The molecule has 2 fully saturated rings. The quantitative estimate of drug-likeness (QED) is 0.597. The van der Waals surface area contributed by atoms with Crippen LogP contribution in [0, 0.1) is 11.7 Å². The zero-order valence-corrected chi connectivity index (χ0v) is 18.7. The lowest BCUT2D eigenvalue weighted by molar-refractivity contribution is -0.136. The molecule has 2 heterocycles. The number of rotatable bonds is 9. The third-order valence-corrected chi connectivity index (χ3v) is 6.07. The second kappa shape index (κ2) is 10.3. The van der Waals surface area contributed by atoms with Gasteiger partial charge in [0.2, 0.25) is 11.8 Å². The second-order valence-electron chi connectivity index (χ2n) is 8.64. The van der Waals surface area contributed by atoms with E-state index in [0.717, 1.165) is 24.6 Å². The van der Waals surface area contributed by atoms with Gasteiger partial charge in [-0.2, -0.15) is 8.78 Å². The maximum atomic E-state index is 13.0. The van der Waals surface area contributed by atoms with Gasteiger partial charge in [0, 0.05) is 19.4 Å². The Morgan fingerprint density at radius 3 is 2.65 bits per heavy atom. The number of benzene rings is 1. The zero-order valence-electron chi connectivity index (χ0n) is 18.7. The molecule has 1 aliphatic heterocycles. The van der Waals surface area contributed by atoms with E-state index in [0.29, 0.717) is 31.2 Å². The average molecular weight is 477 g/mol. The molecule has 1 aromatic carbocycles. The van der Waals surface area contributed by atoms with E-state index in [1.54, 1.807) is 12.1 Å². The number of alkyl halides is 2. The molecule has 4 rings (SSSR count). The van der Waals surface area contributed by atoms with Crippen molar-refractivity contribution in [3.63, 3.8) is 0 Å². The standard InChI is InChI=1S/C24H26F3N3O4/c1-14(31)30-12-17(8-20(30)23(32)29-11-19-6-5-18(25)10-28-19)16-4-7-21(34-24(26)27)22(9-16)33-13-15-2-3-15/h4-7,9-10,15,17,20,24H,2-3,8,11-13H2,1H3,(H,29,32)/t17?,20-/m0/s1. The minimum atomic E-state index is -2.97. The highest BCUT2D eigenvalue weighted by molar-refractivity contribution is 5.87. The van der Waals surface area contributed by atoms with Crippen LogP contribution in [-0.2, 0) is 16.1 Å². The number of hydrogen-bond donors (Lipinski definition) is 1. The van der Waals surface area contributed by atoms with E-state index < -0.39 is 18.5 Å². The van der Waals surface area contributed by atoms with E-state index in [4.69, 9.17) is 4.74 Å². The van der Waals surface area contributed by atoms with Gasteiger partial charge in [-0.25, -0.2) is 4.39 Å². The maximum absolute atomic E-state index is 13.0. The van der Waals surface area contributed by atoms with Gasteiger partial charge in [-0.3, -0.25) is 14.6 Å². The Morgan fingerprint density at radius 2 is 2.00 bits per heavy atom. The van der Waals surface area contributed by atoms with Gasteiger partial charge in [-0.05, 0) is 55.0 Å². The van der Waals surface area contributed by atoms with Crippen molar-refractivity contribution in [2.24, 2.45) is 5.92 Å². The number of halogens is 3. The molecule has 182 valence electrons. The fourth-order valence-corrected chi connectivity index (χ4v) is 4.06. The van der Waals surface area contributed by atoms with E-state index >= 15 is 0 Å². The Hall–Kier alpha value is -3.30. The predicted molar refractivity (Wildman–Crippen MR) is 116 cm³/mol. The average Bonchev–Trinajstić information content (AvgIpc) is 3.52. The summed E-state index contributed by atoms with van der Waals surface area (Å²) in [5, 5.41) is 2.75. The fourth-order valence-electron chi connectivity index (χ4n) is 4.06. The summed E-state index contributed by atoms with van der Waals surface area (Å²) in [6.45, 7) is -0.745. The Balaban J connectivity index is 1.47. The molecule has 7 nitrogen and oxygen atoms in total. The highest BCUT2D eigenvalue weighted by atomic mass is 19.3. The summed E-state index contributed by atoms with van der Waals surface area (Å²) in [5.74, 6) is -0.630. The van der Waals surface area contributed by atoms with Crippen LogP contribution in [-0.4, -0.2) is 47.5 Å². The lowest BCUT2D eigenvalue weighted by atomic mass is 9.95. The lowest BCUT2D eigenvalue weighted by Crippen LogP contribution is -2.45. The SMILES string of the molecule is CC(=O)N1CC(c2ccc(OC(F)F)c(OCC3CC3)c2)C[C@H]1C(=O)NCc1ccc(F)cn1. The Morgan fingerprint density at radius 1 is 1.21 bits per heavy atom. The van der Waals surface area contributed by atoms with Crippen LogP contribution >= 0.6 is 0 Å². The summed E-state index contributed by atoms with van der Waals surface area (Å²) in [4.78, 5) is 30.5. The van der Waals surface area contributed by atoms with Crippen molar-refractivity contribution in [3.05, 3.63) is 53.6 Å². The first-order valence-electron chi connectivity index (χ1n) is 11.2. The van der Waals surface area contributed by atoms with Crippen LogP contribution in [0.4, 0.5) is 13.2 Å². The van der Waals surface area contributed by atoms with Gasteiger partial charge in [-0.1, -0.05) is 6.07 Å². The lowest BCUT2D eigenvalue weighted by Gasteiger charge is -2.22. The first-order valence-corrected chi connectivity index (χ1v) is 11.2. The molecule has 1 N–H and O–H groups in total. The van der Waals surface area contributed by atoms with Crippen molar-refractivity contribution in [2.45, 2.75) is 51.3 Å². The monoisotopic (exact) mass is 477 g/mol. The number of likely N-dealkylation sites (tertiary alicyclic amines) is 1. The molecule has 34 heavy (non-hydrogen) atoms. The molecule has 1 saturated heterocycles. The third kappa shape index (κ3) is 5.98. The number of nitrogens with zero attached hydrogens (tertiary/aromatic N) is 2. The van der Waals surface area contributed by atoms with Crippen molar-refractivity contribution < 1.29 is 32.2 Å². The van der Waals surface area contributed by atoms with Crippen LogP contribution in [0.25, 0.3) is 0 Å². The minimum Gasteiger partial charge on any atom is -0.489 e. The van der Waals surface area contributed by atoms with Gasteiger partial charge >= 0.3 is 6.61 Å². The second-order valence-corrected chi connectivity index (χ2v) is 8.64. The molecular formula is C24H26F3N3O4. The number of carbonyl (C=O) groups is 2. The van der Waals surface area contributed by atoms with E-state index in [2.05, 4.69) is 15.0 Å². The number of carbonyl (C=O) groups excluding carboxylic acids is 2. The van der Waals surface area contributed by atoms with Gasteiger partial charge in [0.05, 0.1) is 25.0 Å². The van der Waals surface area contributed by atoms with Crippen molar-refractivity contribution in [1.82, 2.24) is 15.2 Å². The molecule has 0 bridgehead atoms. The summed E-state index contributed by atoms with van der Waals surface area (Å²) < 4.78 is 49.0. The summed E-state index contributed by atoms with van der Waals surface area (Å²) in [6, 6.07) is 6.79. The molecule has 1 aliphatic carbocycles. The number of pyridine rings is 1. The van der Waals surface area contributed by atoms with E-state index in [-0.39, 0.29) is 35.8 Å². The van der Waals surface area contributed by atoms with Crippen LogP contribution in [0.3, 0.4) is 0 Å². The predicted octanol–water partition coefficient (Wildman–Crippen LogP) is 3.63. The van der Waals surface area contributed by atoms with Gasteiger partial charge in [0.25, 0.3) is 0 Å². The number of ether oxygens (including phenoxy) is 2. The van der Waals surface area contributed by atoms with E-state index in [9.17, 15) is 22.8 Å². The first-order chi connectivity index (χ1) is 16.3. The molecular weight excluding hydrogens is 451 g/mol. The minimum absolute atomic E-state index is 0.0399. The molecule has 2 aliphatic rings. The molecule has 1 saturated carbocycles. The largest absolute Gasteiger partial charge is 0.489 e. The fraction of sp³-hybridized carbons (Fsp3) is 0.458. The molecule has 10 heteroatoms. The first kappa shape index (κ1) is 23.8. The summed E-state index contributed by atoms with van der Waals surface area (Å²) in [6.07, 6.45) is 3.52. The summed E-state index contributed by atoms with van der Waals surface area (Å²) in [5.41, 5.74) is 1.26. The van der Waals surface area contributed by atoms with Crippen LogP contribution in [0.15, 0.2) is 36.5 Å². The Bertz CT molecular complexity index is 1030. The zero-order chi connectivity index (χ0) is 24.2. The van der Waals surface area contributed by atoms with Crippen molar-refractivity contribution in [3.8, 4) is 11.5 Å². The van der Waals surface area contributed by atoms with Gasteiger partial charge in [0.1, 0.15) is 11.9 Å². The van der Waals surface area contributed by atoms with Gasteiger partial charge in [-0.15, -0.1) is 0 Å². The van der Waals surface area contributed by atoms with Crippen molar-refractivity contribution in [1.29, 1.82) is 0 Å². The van der Waals surface area contributed by atoms with Crippen molar-refractivity contribution >= 4 is 11.8 Å². The molecule has 1 aromatic heterocycles. The van der Waals surface area contributed by atoms with Crippen LogP contribution in [0.2, 0.25) is 0 Å². The van der Waals surface area contributed by atoms with Gasteiger partial charge < -0.3 is 19.7 Å². The number of aromatic nitrogens is 1. The summed E-state index contributed by atoms with van der Waals surface area (Å²) in [7, 11) is 0. The number of amides is 2. The molecule has 2 amide bonds. The van der Waals surface area contributed by atoms with Crippen LogP contribution in [0.5, 0.6) is 11.5 Å². The molecule has 0 spiro atoms. The smallest absolute Gasteiger partial charge is 0.387 e. The highest BCUT2D eigenvalue weighted by Gasteiger charge is 2.39. The molecule has 0 radical (unpaired) electrons. The third-order valence-electron chi connectivity index (χ3n) is 6.07. The Kier molecular flexibility index (Phi) is 7.23. The maximum Gasteiger partial charge on any atom is 0.387 e. The normalized spacial score (nSPS) is 19.9.